The molecule has 0 saturated carbocycles. The number of nitrogen functional groups attached to an aromatic ring is 1. The highest BCUT2D eigenvalue weighted by Crippen LogP contribution is 2.12. The van der Waals surface area contributed by atoms with Crippen LogP contribution in [0.15, 0.2) is 36.7 Å². The molecule has 0 saturated heterocycles. The number of aromatic nitrogens is 2. The largest absolute Gasteiger partial charge is 0.381 e. The summed E-state index contributed by atoms with van der Waals surface area (Å²) in [6, 6.07) is 8.49. The van der Waals surface area contributed by atoms with Crippen LogP contribution in [0.2, 0.25) is 0 Å². The van der Waals surface area contributed by atoms with Gasteiger partial charge in [0.2, 0.25) is 0 Å². The maximum Gasteiger partial charge on any atom is 0.169 e. The average molecular weight is 228 g/mol. The third kappa shape index (κ3) is 2.93. The molecule has 1 aromatic carbocycles. The maximum absolute atomic E-state index is 5.69. The SMILES string of the molecule is CCc1ccc(CNc2nccnc2N)cc1. The molecular formula is C13H16N4. The Morgan fingerprint density at radius 2 is 1.71 bits per heavy atom. The van der Waals surface area contributed by atoms with Crippen molar-refractivity contribution >= 4 is 11.6 Å². The van der Waals surface area contributed by atoms with E-state index in [0.717, 1.165) is 6.42 Å². The fraction of sp³-hybridized carbons (Fsp3) is 0.231. The quantitative estimate of drug-likeness (QED) is 0.842. The van der Waals surface area contributed by atoms with Crippen molar-refractivity contribution in [3.63, 3.8) is 0 Å². The van der Waals surface area contributed by atoms with Gasteiger partial charge in [-0.05, 0) is 17.5 Å². The Kier molecular flexibility index (Phi) is 3.55. The predicted octanol–water partition coefficient (Wildman–Crippen LogP) is 2.23. The Morgan fingerprint density at radius 3 is 2.35 bits per heavy atom. The molecule has 0 fully saturated rings. The molecule has 2 rings (SSSR count). The van der Waals surface area contributed by atoms with E-state index in [4.69, 9.17) is 5.73 Å². The standard InChI is InChI=1S/C13H16N4/c1-2-10-3-5-11(6-4-10)9-17-13-12(14)15-7-8-16-13/h3-8H,2,9H2,1H3,(H2,14,15)(H,16,17). The van der Waals surface area contributed by atoms with Crippen LogP contribution >= 0.6 is 0 Å². The molecule has 0 amide bonds. The van der Waals surface area contributed by atoms with Crippen molar-refractivity contribution in [3.05, 3.63) is 47.8 Å². The number of nitrogens with zero attached hydrogens (tertiary/aromatic N) is 2. The maximum atomic E-state index is 5.69. The molecule has 2 aromatic rings. The van der Waals surface area contributed by atoms with E-state index in [0.29, 0.717) is 18.2 Å². The zero-order valence-electron chi connectivity index (χ0n) is 9.85. The van der Waals surface area contributed by atoms with Gasteiger partial charge in [0.15, 0.2) is 11.6 Å². The second-order valence-electron chi connectivity index (χ2n) is 3.81. The number of nitrogens with one attached hydrogen (secondary N) is 1. The summed E-state index contributed by atoms with van der Waals surface area (Å²) in [5.74, 6) is 1.06. The number of rotatable bonds is 4. The first-order valence-electron chi connectivity index (χ1n) is 5.67. The molecule has 0 aliphatic rings. The van der Waals surface area contributed by atoms with Crippen molar-refractivity contribution in [1.29, 1.82) is 0 Å². The van der Waals surface area contributed by atoms with Crippen LogP contribution in [0, 0.1) is 0 Å². The molecular weight excluding hydrogens is 212 g/mol. The van der Waals surface area contributed by atoms with Gasteiger partial charge in [0.1, 0.15) is 0 Å². The van der Waals surface area contributed by atoms with Gasteiger partial charge in [0.25, 0.3) is 0 Å². The molecule has 0 radical (unpaired) electrons. The topological polar surface area (TPSA) is 63.8 Å². The fourth-order valence-corrected chi connectivity index (χ4v) is 1.56. The third-order valence-corrected chi connectivity index (χ3v) is 2.62. The summed E-state index contributed by atoms with van der Waals surface area (Å²) in [5.41, 5.74) is 8.24. The zero-order chi connectivity index (χ0) is 12.1. The summed E-state index contributed by atoms with van der Waals surface area (Å²) in [7, 11) is 0. The van der Waals surface area contributed by atoms with E-state index in [-0.39, 0.29) is 0 Å². The number of hydrogen-bond donors (Lipinski definition) is 2. The van der Waals surface area contributed by atoms with Crippen molar-refractivity contribution in [1.82, 2.24) is 9.97 Å². The van der Waals surface area contributed by atoms with Crippen LogP contribution in [0.25, 0.3) is 0 Å². The van der Waals surface area contributed by atoms with E-state index in [2.05, 4.69) is 46.5 Å². The fourth-order valence-electron chi connectivity index (χ4n) is 1.56. The monoisotopic (exact) mass is 228 g/mol. The van der Waals surface area contributed by atoms with Crippen LogP contribution in [-0.4, -0.2) is 9.97 Å². The van der Waals surface area contributed by atoms with Crippen molar-refractivity contribution in [2.24, 2.45) is 0 Å². The number of hydrogen-bond acceptors (Lipinski definition) is 4. The Balaban J connectivity index is 2.00. The summed E-state index contributed by atoms with van der Waals surface area (Å²) >= 11 is 0. The average Bonchev–Trinajstić information content (AvgIpc) is 2.38. The number of nitrogens with two attached hydrogens (primary N) is 1. The van der Waals surface area contributed by atoms with E-state index in [1.54, 1.807) is 12.4 Å². The van der Waals surface area contributed by atoms with Gasteiger partial charge in [-0.25, -0.2) is 9.97 Å². The van der Waals surface area contributed by atoms with Crippen LogP contribution in [0.4, 0.5) is 11.6 Å². The van der Waals surface area contributed by atoms with Crippen LogP contribution in [0.1, 0.15) is 18.1 Å². The Morgan fingerprint density at radius 1 is 1.06 bits per heavy atom. The molecule has 4 nitrogen and oxygen atoms in total. The van der Waals surface area contributed by atoms with Crippen LogP contribution < -0.4 is 11.1 Å². The molecule has 17 heavy (non-hydrogen) atoms. The summed E-state index contributed by atoms with van der Waals surface area (Å²) in [5, 5.41) is 3.17. The lowest BCUT2D eigenvalue weighted by molar-refractivity contribution is 1.08. The molecule has 0 spiro atoms. The number of anilines is 2. The van der Waals surface area contributed by atoms with Gasteiger partial charge in [0, 0.05) is 18.9 Å². The summed E-state index contributed by atoms with van der Waals surface area (Å²) < 4.78 is 0. The van der Waals surface area contributed by atoms with Gasteiger partial charge >= 0.3 is 0 Å². The smallest absolute Gasteiger partial charge is 0.169 e. The molecule has 0 bridgehead atoms. The minimum absolute atomic E-state index is 0.428. The first-order chi connectivity index (χ1) is 8.29. The Labute approximate surface area is 101 Å². The van der Waals surface area contributed by atoms with Gasteiger partial charge in [-0.2, -0.15) is 0 Å². The first-order valence-corrected chi connectivity index (χ1v) is 5.67. The van der Waals surface area contributed by atoms with Gasteiger partial charge in [-0.3, -0.25) is 0 Å². The van der Waals surface area contributed by atoms with Crippen LogP contribution in [0.5, 0.6) is 0 Å². The number of benzene rings is 1. The lowest BCUT2D eigenvalue weighted by Crippen LogP contribution is -2.05. The first kappa shape index (κ1) is 11.4. The molecule has 3 N–H and O–H groups in total. The van der Waals surface area contributed by atoms with E-state index < -0.39 is 0 Å². The van der Waals surface area contributed by atoms with Crippen LogP contribution in [-0.2, 0) is 13.0 Å². The van der Waals surface area contributed by atoms with E-state index in [1.807, 2.05) is 0 Å². The summed E-state index contributed by atoms with van der Waals surface area (Å²) in [6.07, 6.45) is 4.26. The molecule has 88 valence electrons. The van der Waals surface area contributed by atoms with Crippen molar-refractivity contribution in [2.45, 2.75) is 19.9 Å². The van der Waals surface area contributed by atoms with Crippen molar-refractivity contribution < 1.29 is 0 Å². The van der Waals surface area contributed by atoms with Gasteiger partial charge in [-0.15, -0.1) is 0 Å². The second-order valence-corrected chi connectivity index (χ2v) is 3.81. The van der Waals surface area contributed by atoms with E-state index in [1.165, 1.54) is 11.1 Å². The highest BCUT2D eigenvalue weighted by Gasteiger charge is 2.00. The lowest BCUT2D eigenvalue weighted by Gasteiger charge is -2.07. The molecule has 0 unspecified atom stereocenters. The highest BCUT2D eigenvalue weighted by molar-refractivity contribution is 5.55. The molecule has 0 atom stereocenters. The molecule has 1 aromatic heterocycles. The highest BCUT2D eigenvalue weighted by atomic mass is 15.0. The predicted molar refractivity (Wildman–Crippen MR) is 69.6 cm³/mol. The normalized spacial score (nSPS) is 10.2. The van der Waals surface area contributed by atoms with E-state index >= 15 is 0 Å². The molecule has 0 aliphatic heterocycles. The lowest BCUT2D eigenvalue weighted by atomic mass is 10.1. The minimum atomic E-state index is 0.428. The Bertz CT molecular complexity index is 479. The molecule has 1 heterocycles. The second kappa shape index (κ2) is 5.30. The summed E-state index contributed by atoms with van der Waals surface area (Å²) in [6.45, 7) is 2.85. The van der Waals surface area contributed by atoms with E-state index in [9.17, 15) is 0 Å². The zero-order valence-corrected chi connectivity index (χ0v) is 9.85. The summed E-state index contributed by atoms with van der Waals surface area (Å²) in [4.78, 5) is 8.10. The van der Waals surface area contributed by atoms with Crippen molar-refractivity contribution in [3.8, 4) is 0 Å². The van der Waals surface area contributed by atoms with Crippen molar-refractivity contribution in [2.75, 3.05) is 11.1 Å². The third-order valence-electron chi connectivity index (χ3n) is 2.62. The molecule has 0 aliphatic carbocycles. The van der Waals surface area contributed by atoms with Gasteiger partial charge < -0.3 is 11.1 Å². The number of aryl methyl sites for hydroxylation is 1. The van der Waals surface area contributed by atoms with Gasteiger partial charge in [-0.1, -0.05) is 31.2 Å². The van der Waals surface area contributed by atoms with Crippen LogP contribution in [0.3, 0.4) is 0 Å². The minimum Gasteiger partial charge on any atom is -0.381 e. The molecule has 4 heteroatoms. The Hall–Kier alpha value is -2.10. The van der Waals surface area contributed by atoms with Gasteiger partial charge in [0.05, 0.1) is 0 Å².